The standard InChI is InChI=1S/C50H98NO8P/c1-6-8-10-12-14-16-18-20-22-23-24-25-26-27-28-29-31-33-35-37-39-41-43-50(53)59-48(47-58-60(54,55)57-45-44-51(3,4)5)46-56-49(52)42-40-38-36-34-32-30-21-19-17-15-13-11-9-7-2/h19,21,48H,6-18,20,22-47H2,1-5H3/b21-19+/t48-/m1/s1. The Kier molecular flexibility index (Phi) is 42.1. The third kappa shape index (κ3) is 46.3. The summed E-state index contributed by atoms with van der Waals surface area (Å²) < 4.78 is 34.0. The van der Waals surface area contributed by atoms with Crippen molar-refractivity contribution in [3.05, 3.63) is 12.2 Å². The average Bonchev–Trinajstić information content (AvgIpc) is 3.20. The molecule has 60 heavy (non-hydrogen) atoms. The van der Waals surface area contributed by atoms with Gasteiger partial charge in [0.05, 0.1) is 27.7 Å². The highest BCUT2D eigenvalue weighted by Gasteiger charge is 2.21. The maximum atomic E-state index is 12.7. The molecule has 10 heteroatoms. The summed E-state index contributed by atoms with van der Waals surface area (Å²) in [5.74, 6) is -0.830. The molecule has 0 N–H and O–H groups in total. The monoisotopic (exact) mass is 872 g/mol. The van der Waals surface area contributed by atoms with Crippen LogP contribution in [0.25, 0.3) is 0 Å². The van der Waals surface area contributed by atoms with Crippen molar-refractivity contribution < 1.29 is 42.1 Å². The van der Waals surface area contributed by atoms with Crippen LogP contribution < -0.4 is 4.89 Å². The van der Waals surface area contributed by atoms with Crippen LogP contribution in [0.1, 0.15) is 245 Å². The van der Waals surface area contributed by atoms with Crippen LogP contribution in [-0.4, -0.2) is 70.0 Å². The zero-order chi connectivity index (χ0) is 44.3. The van der Waals surface area contributed by atoms with Crippen molar-refractivity contribution in [2.75, 3.05) is 47.5 Å². The molecule has 0 aliphatic heterocycles. The van der Waals surface area contributed by atoms with Crippen LogP contribution in [0.3, 0.4) is 0 Å². The molecule has 9 nitrogen and oxygen atoms in total. The minimum Gasteiger partial charge on any atom is -0.756 e. The van der Waals surface area contributed by atoms with Gasteiger partial charge in [-0.05, 0) is 38.5 Å². The first-order valence-electron chi connectivity index (χ1n) is 25.4. The lowest BCUT2D eigenvalue weighted by atomic mass is 10.0. The van der Waals surface area contributed by atoms with Gasteiger partial charge in [-0.2, -0.15) is 0 Å². The minimum absolute atomic E-state index is 0.0287. The average molecular weight is 872 g/mol. The fourth-order valence-electron chi connectivity index (χ4n) is 7.30. The van der Waals surface area contributed by atoms with Crippen molar-refractivity contribution >= 4 is 19.8 Å². The molecule has 0 radical (unpaired) electrons. The number of hydrogen-bond acceptors (Lipinski definition) is 8. The van der Waals surface area contributed by atoms with Gasteiger partial charge >= 0.3 is 11.9 Å². The van der Waals surface area contributed by atoms with E-state index in [9.17, 15) is 19.0 Å². The molecule has 356 valence electrons. The van der Waals surface area contributed by atoms with Gasteiger partial charge < -0.3 is 27.9 Å². The predicted molar refractivity (Wildman–Crippen MR) is 250 cm³/mol. The maximum Gasteiger partial charge on any atom is 0.306 e. The van der Waals surface area contributed by atoms with E-state index in [0.717, 1.165) is 51.4 Å². The van der Waals surface area contributed by atoms with Crippen molar-refractivity contribution in [3.8, 4) is 0 Å². The summed E-state index contributed by atoms with van der Waals surface area (Å²) in [6, 6.07) is 0. The number of carbonyl (C=O) groups is 2. The van der Waals surface area contributed by atoms with E-state index in [1.54, 1.807) is 0 Å². The van der Waals surface area contributed by atoms with Gasteiger partial charge in [0, 0.05) is 12.8 Å². The van der Waals surface area contributed by atoms with E-state index >= 15 is 0 Å². The van der Waals surface area contributed by atoms with E-state index in [4.69, 9.17) is 18.5 Å². The summed E-state index contributed by atoms with van der Waals surface area (Å²) in [4.78, 5) is 37.6. The third-order valence-corrected chi connectivity index (χ3v) is 12.2. The lowest BCUT2D eigenvalue weighted by Gasteiger charge is -2.28. The summed E-state index contributed by atoms with van der Waals surface area (Å²) in [6.07, 6.45) is 46.7. The second kappa shape index (κ2) is 43.0. The number of ether oxygens (including phenoxy) is 2. The number of likely N-dealkylation sites (N-methyl/N-ethyl adjacent to an activating group) is 1. The summed E-state index contributed by atoms with van der Waals surface area (Å²) in [6.45, 7) is 4.25. The Labute approximate surface area is 371 Å². The number of rotatable bonds is 47. The van der Waals surface area contributed by atoms with Crippen molar-refractivity contribution in [1.82, 2.24) is 0 Å². The van der Waals surface area contributed by atoms with E-state index in [-0.39, 0.29) is 32.0 Å². The van der Waals surface area contributed by atoms with Gasteiger partial charge in [-0.3, -0.25) is 14.2 Å². The number of quaternary nitrogens is 1. The smallest absolute Gasteiger partial charge is 0.306 e. The molecule has 0 spiro atoms. The predicted octanol–water partition coefficient (Wildman–Crippen LogP) is 14.3. The highest BCUT2D eigenvalue weighted by Crippen LogP contribution is 2.38. The van der Waals surface area contributed by atoms with E-state index < -0.39 is 26.5 Å². The molecular formula is C50H98NO8P. The van der Waals surface area contributed by atoms with Crippen LogP contribution in [0.15, 0.2) is 12.2 Å². The van der Waals surface area contributed by atoms with Gasteiger partial charge in [-0.25, -0.2) is 0 Å². The van der Waals surface area contributed by atoms with Crippen LogP contribution in [0.2, 0.25) is 0 Å². The molecule has 0 heterocycles. The van der Waals surface area contributed by atoms with Gasteiger partial charge in [0.1, 0.15) is 19.8 Å². The number of unbranched alkanes of at least 4 members (excludes halogenated alkanes) is 31. The first-order valence-corrected chi connectivity index (χ1v) is 26.9. The second-order valence-corrected chi connectivity index (χ2v) is 20.0. The van der Waals surface area contributed by atoms with Gasteiger partial charge in [0.25, 0.3) is 7.82 Å². The summed E-state index contributed by atoms with van der Waals surface area (Å²) >= 11 is 0. The van der Waals surface area contributed by atoms with Crippen molar-refractivity contribution in [2.45, 2.75) is 251 Å². The highest BCUT2D eigenvalue weighted by molar-refractivity contribution is 7.45. The molecule has 1 unspecified atom stereocenters. The van der Waals surface area contributed by atoms with Crippen molar-refractivity contribution in [1.29, 1.82) is 0 Å². The quantitative estimate of drug-likeness (QED) is 0.0195. The Hall–Kier alpha value is -1.25. The second-order valence-electron chi connectivity index (χ2n) is 18.5. The topological polar surface area (TPSA) is 111 Å². The van der Waals surface area contributed by atoms with Crippen LogP contribution in [-0.2, 0) is 32.7 Å². The Balaban J connectivity index is 4.19. The molecule has 0 aliphatic carbocycles. The Morgan fingerprint density at radius 1 is 0.500 bits per heavy atom. The van der Waals surface area contributed by atoms with E-state index in [1.807, 2.05) is 21.1 Å². The SMILES string of the molecule is CCCCCCC/C=C/CCCCCCCC(=O)OC[C@H](COP(=O)([O-])OCC[N+](C)(C)C)OC(=O)CCCCCCCCCCCCCCCCCCCCCCCC. The van der Waals surface area contributed by atoms with E-state index in [1.165, 1.54) is 161 Å². The summed E-state index contributed by atoms with van der Waals surface area (Å²) in [5.41, 5.74) is 0. The normalized spacial score (nSPS) is 13.5. The largest absolute Gasteiger partial charge is 0.756 e. The summed E-state index contributed by atoms with van der Waals surface area (Å²) in [7, 11) is 1.17. The molecule has 0 fully saturated rings. The van der Waals surface area contributed by atoms with Gasteiger partial charge in [0.2, 0.25) is 0 Å². The van der Waals surface area contributed by atoms with Crippen LogP contribution in [0.5, 0.6) is 0 Å². The fraction of sp³-hybridized carbons (Fsp3) is 0.920. The zero-order valence-electron chi connectivity index (χ0n) is 40.2. The molecule has 0 aromatic carbocycles. The number of nitrogens with zero attached hydrogens (tertiary/aromatic N) is 1. The third-order valence-electron chi connectivity index (χ3n) is 11.3. The van der Waals surface area contributed by atoms with E-state index in [0.29, 0.717) is 17.4 Å². The maximum absolute atomic E-state index is 12.7. The first kappa shape index (κ1) is 58.8. The molecule has 0 saturated heterocycles. The minimum atomic E-state index is -4.62. The highest BCUT2D eigenvalue weighted by atomic mass is 31.2. The lowest BCUT2D eigenvalue weighted by molar-refractivity contribution is -0.870. The molecular weight excluding hydrogens is 774 g/mol. The lowest BCUT2D eigenvalue weighted by Crippen LogP contribution is -2.37. The van der Waals surface area contributed by atoms with Gasteiger partial charge in [-0.15, -0.1) is 0 Å². The number of allylic oxidation sites excluding steroid dienone is 2. The van der Waals surface area contributed by atoms with Crippen LogP contribution in [0.4, 0.5) is 0 Å². The number of hydrogen-bond donors (Lipinski definition) is 0. The van der Waals surface area contributed by atoms with Crippen LogP contribution >= 0.6 is 7.82 Å². The molecule has 0 rings (SSSR count). The molecule has 0 bridgehead atoms. The molecule has 0 saturated carbocycles. The Bertz CT molecular complexity index is 1030. The van der Waals surface area contributed by atoms with E-state index in [2.05, 4.69) is 26.0 Å². The number of phosphoric acid groups is 1. The van der Waals surface area contributed by atoms with Crippen molar-refractivity contribution in [3.63, 3.8) is 0 Å². The molecule has 0 amide bonds. The molecule has 0 aromatic rings. The fourth-order valence-corrected chi connectivity index (χ4v) is 8.03. The Morgan fingerprint density at radius 3 is 1.23 bits per heavy atom. The summed E-state index contributed by atoms with van der Waals surface area (Å²) in [5, 5.41) is 0. The van der Waals surface area contributed by atoms with Crippen molar-refractivity contribution in [2.24, 2.45) is 0 Å². The van der Waals surface area contributed by atoms with Crippen LogP contribution in [0, 0.1) is 0 Å². The number of carbonyl (C=O) groups excluding carboxylic acids is 2. The number of esters is 2. The van der Waals surface area contributed by atoms with Gasteiger partial charge in [-0.1, -0.05) is 206 Å². The zero-order valence-corrected chi connectivity index (χ0v) is 41.1. The number of phosphoric ester groups is 1. The Morgan fingerprint density at radius 2 is 0.850 bits per heavy atom. The molecule has 2 atom stereocenters. The molecule has 0 aromatic heterocycles. The van der Waals surface area contributed by atoms with Gasteiger partial charge in [0.15, 0.2) is 6.10 Å². The first-order chi connectivity index (χ1) is 29.0. The molecule has 0 aliphatic rings.